The number of nitrogen functional groups attached to an aromatic ring is 1. The van der Waals surface area contributed by atoms with E-state index in [9.17, 15) is 14.0 Å². The largest absolute Gasteiger partial charge is 0.384 e. The molecule has 3 aromatic rings. The summed E-state index contributed by atoms with van der Waals surface area (Å²) in [6, 6.07) is 8.83. The number of pyridine rings is 1. The molecule has 0 radical (unpaired) electrons. The zero-order valence-corrected chi connectivity index (χ0v) is 14.4. The zero-order valence-electron chi connectivity index (χ0n) is 14.4. The first-order valence-corrected chi connectivity index (χ1v) is 8.57. The predicted molar refractivity (Wildman–Crippen MR) is 103 cm³/mol. The smallest absolute Gasteiger partial charge is 0.337 e. The summed E-state index contributed by atoms with van der Waals surface area (Å²) < 4.78 is 15.8. The highest BCUT2D eigenvalue weighted by Crippen LogP contribution is 2.19. The average Bonchev–Trinajstić information content (AvgIpc) is 2.67. The van der Waals surface area contributed by atoms with Crippen LogP contribution in [0.2, 0.25) is 0 Å². The van der Waals surface area contributed by atoms with E-state index in [1.54, 1.807) is 18.2 Å². The molecule has 2 heterocycles. The molecule has 1 aliphatic carbocycles. The van der Waals surface area contributed by atoms with Crippen LogP contribution in [0, 0.1) is 5.82 Å². The molecule has 4 rings (SSSR count). The van der Waals surface area contributed by atoms with Crippen molar-refractivity contribution < 1.29 is 4.39 Å². The van der Waals surface area contributed by atoms with Crippen molar-refractivity contribution in [3.8, 4) is 0 Å². The van der Waals surface area contributed by atoms with E-state index in [2.05, 4.69) is 4.98 Å². The molecule has 27 heavy (non-hydrogen) atoms. The topological polar surface area (TPSA) is 82.9 Å². The average molecular weight is 364 g/mol. The molecule has 0 atom stereocenters. The highest BCUT2D eigenvalue weighted by Gasteiger charge is 2.18. The quantitative estimate of drug-likeness (QED) is 0.774. The number of hydrogen-bond donors (Lipinski definition) is 1. The van der Waals surface area contributed by atoms with E-state index in [-0.39, 0.29) is 23.8 Å². The predicted octanol–water partition coefficient (Wildman–Crippen LogP) is 2.52. The van der Waals surface area contributed by atoms with E-state index in [1.807, 2.05) is 18.2 Å². The first-order chi connectivity index (χ1) is 13.0. The lowest BCUT2D eigenvalue weighted by Gasteiger charge is -2.17. The van der Waals surface area contributed by atoms with E-state index in [4.69, 9.17) is 5.73 Å². The van der Waals surface area contributed by atoms with Crippen LogP contribution in [-0.2, 0) is 6.54 Å². The van der Waals surface area contributed by atoms with Gasteiger partial charge in [-0.15, -0.1) is 0 Å². The van der Waals surface area contributed by atoms with Gasteiger partial charge in [0, 0.05) is 5.70 Å². The van der Waals surface area contributed by atoms with Gasteiger partial charge in [0.2, 0.25) is 0 Å². The Balaban J connectivity index is 1.99. The van der Waals surface area contributed by atoms with Crippen LogP contribution in [-0.4, -0.2) is 14.1 Å². The van der Waals surface area contributed by atoms with Crippen molar-refractivity contribution >= 4 is 22.5 Å². The Labute approximate surface area is 153 Å². The molecular weight excluding hydrogens is 347 g/mol. The van der Waals surface area contributed by atoms with Crippen LogP contribution in [0.4, 0.5) is 10.2 Å². The Morgan fingerprint density at radius 3 is 2.59 bits per heavy atom. The normalized spacial score (nSPS) is 13.7. The fourth-order valence-electron chi connectivity index (χ4n) is 3.19. The van der Waals surface area contributed by atoms with Gasteiger partial charge in [0.05, 0.1) is 11.9 Å². The van der Waals surface area contributed by atoms with E-state index in [0.29, 0.717) is 17.4 Å². The third-order valence-electron chi connectivity index (χ3n) is 4.54. The second-order valence-corrected chi connectivity index (χ2v) is 6.37. The third kappa shape index (κ3) is 3.08. The highest BCUT2D eigenvalue weighted by atomic mass is 19.1. The maximum Gasteiger partial charge on any atom is 0.337 e. The summed E-state index contributed by atoms with van der Waals surface area (Å²) in [6.07, 6.45) is 7.16. The van der Waals surface area contributed by atoms with Crippen molar-refractivity contribution in [3.63, 3.8) is 0 Å². The Morgan fingerprint density at radius 1 is 1.11 bits per heavy atom. The number of halogens is 1. The second kappa shape index (κ2) is 6.68. The first kappa shape index (κ1) is 17.0. The van der Waals surface area contributed by atoms with Crippen molar-refractivity contribution in [2.45, 2.75) is 19.4 Å². The van der Waals surface area contributed by atoms with Crippen molar-refractivity contribution in [1.29, 1.82) is 0 Å². The molecule has 0 amide bonds. The minimum absolute atomic E-state index is 0.0430. The fourth-order valence-corrected chi connectivity index (χ4v) is 3.19. The van der Waals surface area contributed by atoms with E-state index in [0.717, 1.165) is 16.7 Å². The fraction of sp³-hybridized carbons (Fsp3) is 0.150. The molecule has 0 unspecified atom stereocenters. The lowest BCUT2D eigenvalue weighted by atomic mass is 10.1. The van der Waals surface area contributed by atoms with Gasteiger partial charge in [0.15, 0.2) is 5.65 Å². The van der Waals surface area contributed by atoms with Crippen LogP contribution < -0.4 is 17.0 Å². The Bertz CT molecular complexity index is 1200. The molecule has 1 aliphatic rings. The molecule has 1 aromatic carbocycles. The second-order valence-electron chi connectivity index (χ2n) is 6.37. The van der Waals surface area contributed by atoms with Gasteiger partial charge >= 0.3 is 5.69 Å². The van der Waals surface area contributed by atoms with Gasteiger partial charge in [0.25, 0.3) is 5.56 Å². The summed E-state index contributed by atoms with van der Waals surface area (Å²) in [5.74, 6) is -0.140. The molecule has 7 heteroatoms. The SMILES string of the molecule is Nc1ccc2c(=O)n(Cc3ccc(F)cc3)c(=O)n(C3=CC=CCC3)c2n1. The molecule has 0 saturated carbocycles. The number of nitrogens with two attached hydrogens (primary N) is 1. The van der Waals surface area contributed by atoms with E-state index < -0.39 is 11.2 Å². The third-order valence-corrected chi connectivity index (χ3v) is 4.54. The van der Waals surface area contributed by atoms with Gasteiger partial charge in [-0.2, -0.15) is 0 Å². The van der Waals surface area contributed by atoms with E-state index >= 15 is 0 Å². The lowest BCUT2D eigenvalue weighted by Crippen LogP contribution is -2.40. The number of fused-ring (bicyclic) bond motifs is 1. The Morgan fingerprint density at radius 2 is 1.89 bits per heavy atom. The summed E-state index contributed by atoms with van der Waals surface area (Å²) in [4.78, 5) is 30.4. The molecule has 0 bridgehead atoms. The molecular formula is C20H17FN4O2. The van der Waals surface area contributed by atoms with Crippen LogP contribution in [0.15, 0.2) is 64.2 Å². The van der Waals surface area contributed by atoms with Gasteiger partial charge < -0.3 is 5.73 Å². The molecule has 6 nitrogen and oxygen atoms in total. The van der Waals surface area contributed by atoms with Crippen LogP contribution in [0.5, 0.6) is 0 Å². The first-order valence-electron chi connectivity index (χ1n) is 8.57. The van der Waals surface area contributed by atoms with Crippen molar-refractivity contribution in [2.24, 2.45) is 0 Å². The maximum atomic E-state index is 13.2. The number of nitrogens with zero attached hydrogens (tertiary/aromatic N) is 3. The van der Waals surface area contributed by atoms with Crippen molar-refractivity contribution in [1.82, 2.24) is 14.1 Å². The number of allylic oxidation sites excluding steroid dienone is 4. The number of rotatable bonds is 3. The number of anilines is 1. The molecule has 0 fully saturated rings. The standard InChI is InChI=1S/C20H17FN4O2/c21-14-8-6-13(7-9-14)12-24-19(26)16-10-11-17(22)23-18(16)25(20(24)27)15-4-2-1-3-5-15/h1-2,4,6-11H,3,5,12H2,(H2,22,23). The Kier molecular flexibility index (Phi) is 4.19. The van der Waals surface area contributed by atoms with Crippen LogP contribution in [0.25, 0.3) is 16.7 Å². The van der Waals surface area contributed by atoms with Crippen molar-refractivity contribution in [3.05, 3.63) is 86.8 Å². The van der Waals surface area contributed by atoms with Gasteiger partial charge in [0.1, 0.15) is 11.6 Å². The Hall–Kier alpha value is -3.48. The molecule has 0 spiro atoms. The zero-order chi connectivity index (χ0) is 19.0. The summed E-state index contributed by atoms with van der Waals surface area (Å²) >= 11 is 0. The lowest BCUT2D eigenvalue weighted by molar-refractivity contribution is 0.624. The van der Waals surface area contributed by atoms with Gasteiger partial charge in [-0.25, -0.2) is 18.7 Å². The highest BCUT2D eigenvalue weighted by molar-refractivity contribution is 5.79. The van der Waals surface area contributed by atoms with Crippen molar-refractivity contribution in [2.75, 3.05) is 5.73 Å². The van der Waals surface area contributed by atoms with Crippen LogP contribution in [0.1, 0.15) is 18.4 Å². The number of aromatic nitrogens is 3. The monoisotopic (exact) mass is 364 g/mol. The molecule has 2 N–H and O–H groups in total. The van der Waals surface area contributed by atoms with Gasteiger partial charge in [-0.1, -0.05) is 24.3 Å². The summed E-state index contributed by atoms with van der Waals surface area (Å²) in [5.41, 5.74) is 6.51. The van der Waals surface area contributed by atoms with Gasteiger partial charge in [-0.05, 0) is 48.7 Å². The van der Waals surface area contributed by atoms with Crippen LogP contribution in [0.3, 0.4) is 0 Å². The molecule has 0 aliphatic heterocycles. The van der Waals surface area contributed by atoms with Crippen LogP contribution >= 0.6 is 0 Å². The number of benzene rings is 1. The molecule has 2 aromatic heterocycles. The summed E-state index contributed by atoms with van der Waals surface area (Å²) in [5, 5.41) is 0.307. The molecule has 0 saturated heterocycles. The minimum Gasteiger partial charge on any atom is -0.384 e. The van der Waals surface area contributed by atoms with Gasteiger partial charge in [-0.3, -0.25) is 9.36 Å². The molecule has 136 valence electrons. The summed E-state index contributed by atoms with van der Waals surface area (Å²) in [6.45, 7) is 0.0430. The maximum absolute atomic E-state index is 13.2. The number of hydrogen-bond acceptors (Lipinski definition) is 4. The minimum atomic E-state index is -0.489. The van der Waals surface area contributed by atoms with E-state index in [1.165, 1.54) is 22.8 Å². The summed E-state index contributed by atoms with van der Waals surface area (Å²) in [7, 11) is 0.